The Labute approximate surface area is 138 Å². The number of hydrogen-bond donors (Lipinski definition) is 1. The summed E-state index contributed by atoms with van der Waals surface area (Å²) >= 11 is 3.24. The van der Waals surface area contributed by atoms with Crippen LogP contribution in [0.5, 0.6) is 0 Å². The minimum atomic E-state index is -0.370. The van der Waals surface area contributed by atoms with Gasteiger partial charge in [0.1, 0.15) is 5.82 Å². The molecular formula is C18H19BrFNO. The van der Waals surface area contributed by atoms with Gasteiger partial charge < -0.3 is 5.32 Å². The molecule has 0 radical (unpaired) electrons. The summed E-state index contributed by atoms with van der Waals surface area (Å²) in [4.78, 5) is 12.5. The fourth-order valence-electron chi connectivity index (χ4n) is 2.34. The van der Waals surface area contributed by atoms with E-state index in [-0.39, 0.29) is 17.8 Å². The van der Waals surface area contributed by atoms with E-state index in [4.69, 9.17) is 0 Å². The summed E-state index contributed by atoms with van der Waals surface area (Å²) in [6, 6.07) is 13.9. The van der Waals surface area contributed by atoms with Crippen molar-refractivity contribution in [1.82, 2.24) is 5.32 Å². The van der Waals surface area contributed by atoms with Crippen molar-refractivity contribution in [3.63, 3.8) is 0 Å². The first kappa shape index (κ1) is 16.7. The second kappa shape index (κ2) is 7.54. The van der Waals surface area contributed by atoms with Gasteiger partial charge in [-0.05, 0) is 52.0 Å². The first-order chi connectivity index (χ1) is 10.5. The largest absolute Gasteiger partial charge is 0.345 e. The molecule has 1 amide bonds. The average Bonchev–Trinajstić information content (AvgIpc) is 2.46. The number of carbonyl (C=O) groups is 1. The molecular weight excluding hydrogens is 345 g/mol. The van der Waals surface area contributed by atoms with Crippen LogP contribution < -0.4 is 5.32 Å². The van der Waals surface area contributed by atoms with Crippen molar-refractivity contribution in [2.75, 3.05) is 0 Å². The lowest BCUT2D eigenvalue weighted by molar-refractivity contribution is 0.0931. The van der Waals surface area contributed by atoms with Crippen molar-refractivity contribution in [2.24, 2.45) is 5.92 Å². The maximum absolute atomic E-state index is 13.1. The maximum Gasteiger partial charge on any atom is 0.252 e. The van der Waals surface area contributed by atoms with Gasteiger partial charge >= 0.3 is 0 Å². The van der Waals surface area contributed by atoms with E-state index < -0.39 is 0 Å². The predicted molar refractivity (Wildman–Crippen MR) is 90.2 cm³/mol. The van der Waals surface area contributed by atoms with E-state index in [9.17, 15) is 9.18 Å². The molecule has 2 nitrogen and oxygen atoms in total. The SMILES string of the molecule is CC(C)C[C@H](NC(=O)c1ccc(F)cc1Br)c1ccccc1. The van der Waals surface area contributed by atoms with Crippen LogP contribution in [0.3, 0.4) is 0 Å². The highest BCUT2D eigenvalue weighted by molar-refractivity contribution is 9.10. The van der Waals surface area contributed by atoms with E-state index in [1.54, 1.807) is 0 Å². The molecule has 0 aliphatic rings. The zero-order chi connectivity index (χ0) is 16.1. The lowest BCUT2D eigenvalue weighted by Gasteiger charge is -2.21. The van der Waals surface area contributed by atoms with Crippen molar-refractivity contribution < 1.29 is 9.18 Å². The standard InChI is InChI=1S/C18H19BrFNO/c1-12(2)10-17(13-6-4-3-5-7-13)21-18(22)15-9-8-14(20)11-16(15)19/h3-9,11-12,17H,10H2,1-2H3,(H,21,22)/t17-/m0/s1. The van der Waals surface area contributed by atoms with Crippen LogP contribution >= 0.6 is 15.9 Å². The Hall–Kier alpha value is -1.68. The van der Waals surface area contributed by atoms with Crippen molar-refractivity contribution in [1.29, 1.82) is 0 Å². The normalized spacial score (nSPS) is 12.2. The molecule has 0 aromatic heterocycles. The molecule has 0 aliphatic heterocycles. The molecule has 22 heavy (non-hydrogen) atoms. The van der Waals surface area contributed by atoms with E-state index >= 15 is 0 Å². The zero-order valence-electron chi connectivity index (χ0n) is 12.6. The quantitative estimate of drug-likeness (QED) is 0.785. The Bertz CT molecular complexity index is 643. The number of rotatable bonds is 5. The fraction of sp³-hybridized carbons (Fsp3) is 0.278. The predicted octanol–water partition coefficient (Wildman–Crippen LogP) is 5.11. The molecule has 4 heteroatoms. The molecule has 0 spiro atoms. The monoisotopic (exact) mass is 363 g/mol. The third kappa shape index (κ3) is 4.41. The van der Waals surface area contributed by atoms with Crippen LogP contribution in [0.1, 0.15) is 42.2 Å². The van der Waals surface area contributed by atoms with E-state index in [0.717, 1.165) is 12.0 Å². The fourth-order valence-corrected chi connectivity index (χ4v) is 2.88. The lowest BCUT2D eigenvalue weighted by Crippen LogP contribution is -2.29. The number of amides is 1. The highest BCUT2D eigenvalue weighted by Crippen LogP contribution is 2.23. The van der Waals surface area contributed by atoms with Gasteiger partial charge in [0, 0.05) is 4.47 Å². The zero-order valence-corrected chi connectivity index (χ0v) is 14.2. The van der Waals surface area contributed by atoms with Crippen LogP contribution in [-0.4, -0.2) is 5.91 Å². The van der Waals surface area contributed by atoms with Gasteiger partial charge in [0.05, 0.1) is 11.6 Å². The van der Waals surface area contributed by atoms with Crippen molar-refractivity contribution in [3.05, 3.63) is 69.9 Å². The highest BCUT2D eigenvalue weighted by atomic mass is 79.9. The van der Waals surface area contributed by atoms with Gasteiger partial charge in [0.25, 0.3) is 5.91 Å². The van der Waals surface area contributed by atoms with Crippen molar-refractivity contribution in [3.8, 4) is 0 Å². The second-order valence-corrected chi connectivity index (χ2v) is 6.54. The molecule has 2 aromatic rings. The first-order valence-electron chi connectivity index (χ1n) is 7.28. The molecule has 2 rings (SSSR count). The molecule has 0 fully saturated rings. The van der Waals surface area contributed by atoms with Crippen LogP contribution in [0.2, 0.25) is 0 Å². The third-order valence-electron chi connectivity index (χ3n) is 3.39. The molecule has 0 aliphatic carbocycles. The summed E-state index contributed by atoms with van der Waals surface area (Å²) in [6.07, 6.45) is 0.842. The summed E-state index contributed by atoms with van der Waals surface area (Å²) < 4.78 is 13.6. The molecule has 0 saturated carbocycles. The van der Waals surface area contributed by atoms with E-state index in [0.29, 0.717) is 16.0 Å². The smallest absolute Gasteiger partial charge is 0.252 e. The summed E-state index contributed by atoms with van der Waals surface area (Å²) in [7, 11) is 0. The highest BCUT2D eigenvalue weighted by Gasteiger charge is 2.18. The Balaban J connectivity index is 2.21. The summed E-state index contributed by atoms with van der Waals surface area (Å²) in [5.41, 5.74) is 1.51. The molecule has 1 N–H and O–H groups in total. The average molecular weight is 364 g/mol. The van der Waals surface area contributed by atoms with Crippen LogP contribution in [0.15, 0.2) is 53.0 Å². The molecule has 0 unspecified atom stereocenters. The lowest BCUT2D eigenvalue weighted by atomic mass is 9.96. The number of carbonyl (C=O) groups excluding carboxylic acids is 1. The molecule has 2 aromatic carbocycles. The van der Waals surface area contributed by atoms with Gasteiger partial charge in [-0.15, -0.1) is 0 Å². The van der Waals surface area contributed by atoms with E-state index in [1.165, 1.54) is 18.2 Å². The van der Waals surface area contributed by atoms with Gasteiger partial charge in [-0.25, -0.2) is 4.39 Å². The number of halogens is 2. The van der Waals surface area contributed by atoms with Crippen LogP contribution in [0, 0.1) is 11.7 Å². The Morgan fingerprint density at radius 1 is 1.18 bits per heavy atom. The van der Waals surface area contributed by atoms with Gasteiger partial charge in [-0.1, -0.05) is 44.2 Å². The first-order valence-corrected chi connectivity index (χ1v) is 8.07. The number of benzene rings is 2. The second-order valence-electron chi connectivity index (χ2n) is 5.69. The summed E-state index contributed by atoms with van der Waals surface area (Å²) in [5.74, 6) is -0.131. The minimum absolute atomic E-state index is 0.0642. The van der Waals surface area contributed by atoms with Gasteiger partial charge in [-0.2, -0.15) is 0 Å². The minimum Gasteiger partial charge on any atom is -0.345 e. The molecule has 0 bridgehead atoms. The van der Waals surface area contributed by atoms with E-state index in [2.05, 4.69) is 35.1 Å². The number of hydrogen-bond acceptors (Lipinski definition) is 1. The topological polar surface area (TPSA) is 29.1 Å². The Kier molecular flexibility index (Phi) is 5.72. The maximum atomic E-state index is 13.1. The van der Waals surface area contributed by atoms with Crippen molar-refractivity contribution in [2.45, 2.75) is 26.3 Å². The van der Waals surface area contributed by atoms with Crippen LogP contribution in [0.25, 0.3) is 0 Å². The summed E-state index contributed by atoms with van der Waals surface area (Å²) in [5, 5.41) is 3.05. The number of nitrogens with one attached hydrogen (secondary N) is 1. The Morgan fingerprint density at radius 3 is 2.45 bits per heavy atom. The third-order valence-corrected chi connectivity index (χ3v) is 4.05. The van der Waals surface area contributed by atoms with Crippen LogP contribution in [0.4, 0.5) is 4.39 Å². The molecule has 116 valence electrons. The van der Waals surface area contributed by atoms with Gasteiger partial charge in [-0.3, -0.25) is 4.79 Å². The summed E-state index contributed by atoms with van der Waals surface area (Å²) in [6.45, 7) is 4.24. The van der Waals surface area contributed by atoms with E-state index in [1.807, 2.05) is 30.3 Å². The van der Waals surface area contributed by atoms with Gasteiger partial charge in [0.2, 0.25) is 0 Å². The Morgan fingerprint density at radius 2 is 1.86 bits per heavy atom. The molecule has 1 atom stereocenters. The molecule has 0 heterocycles. The van der Waals surface area contributed by atoms with Crippen LogP contribution in [-0.2, 0) is 0 Å². The van der Waals surface area contributed by atoms with Crippen molar-refractivity contribution >= 4 is 21.8 Å². The molecule has 0 saturated heterocycles. The van der Waals surface area contributed by atoms with Gasteiger partial charge in [0.15, 0.2) is 0 Å².